The van der Waals surface area contributed by atoms with E-state index < -0.39 is 6.55 Å². The Kier molecular flexibility index (Phi) is 5.50. The third kappa shape index (κ3) is 4.04. The van der Waals surface area contributed by atoms with E-state index in [0.29, 0.717) is 45.2 Å². The molecular formula is C23H26F2N6O. The maximum absolute atomic E-state index is 12.8. The van der Waals surface area contributed by atoms with Gasteiger partial charge in [0.25, 0.3) is 0 Å². The molecule has 2 N–H and O–H groups in total. The lowest BCUT2D eigenvalue weighted by Gasteiger charge is -2.43. The average Bonchev–Trinajstić information content (AvgIpc) is 3.29. The molecule has 168 valence electrons. The topological polar surface area (TPSA) is 79.1 Å². The lowest BCUT2D eigenvalue weighted by atomic mass is 9.83. The van der Waals surface area contributed by atoms with Crippen molar-refractivity contribution in [2.24, 2.45) is 0 Å². The maximum atomic E-state index is 12.8. The van der Waals surface area contributed by atoms with E-state index in [1.807, 2.05) is 12.1 Å². The van der Waals surface area contributed by atoms with Gasteiger partial charge in [-0.3, -0.25) is 0 Å². The second-order valence-electron chi connectivity index (χ2n) is 8.72. The second kappa shape index (κ2) is 8.46. The van der Waals surface area contributed by atoms with Crippen molar-refractivity contribution in [3.63, 3.8) is 0 Å². The van der Waals surface area contributed by atoms with Gasteiger partial charge in [-0.1, -0.05) is 12.5 Å². The second-order valence-corrected chi connectivity index (χ2v) is 8.72. The van der Waals surface area contributed by atoms with Crippen molar-refractivity contribution in [3.05, 3.63) is 42.7 Å². The highest BCUT2D eigenvalue weighted by molar-refractivity contribution is 5.74. The third-order valence-electron chi connectivity index (χ3n) is 6.66. The Hall–Kier alpha value is -3.07. The molecule has 9 heteroatoms. The number of hydrogen-bond donors (Lipinski definition) is 2. The number of phenolic OH excluding ortho intramolecular Hbond substituents is 1. The zero-order valence-corrected chi connectivity index (χ0v) is 17.8. The normalized spacial score (nSPS) is 22.8. The lowest BCUT2D eigenvalue weighted by molar-refractivity contribution is 0.0566. The molecular weight excluding hydrogens is 414 g/mol. The number of nitrogens with zero attached hydrogens (tertiary/aromatic N) is 5. The van der Waals surface area contributed by atoms with E-state index in [9.17, 15) is 13.9 Å². The van der Waals surface area contributed by atoms with E-state index in [-0.39, 0.29) is 5.75 Å². The number of benzene rings is 1. The molecule has 1 aromatic carbocycles. The van der Waals surface area contributed by atoms with Gasteiger partial charge in [0.1, 0.15) is 5.75 Å². The van der Waals surface area contributed by atoms with Gasteiger partial charge < -0.3 is 15.3 Å². The van der Waals surface area contributed by atoms with Crippen LogP contribution >= 0.6 is 0 Å². The van der Waals surface area contributed by atoms with Crippen LogP contribution in [0.1, 0.15) is 38.7 Å². The molecule has 2 aliphatic heterocycles. The van der Waals surface area contributed by atoms with Gasteiger partial charge in [0.2, 0.25) is 0 Å². The minimum absolute atomic E-state index is 0.00822. The number of piperidine rings is 2. The van der Waals surface area contributed by atoms with Crippen LogP contribution < -0.4 is 10.2 Å². The van der Waals surface area contributed by atoms with Crippen molar-refractivity contribution in [2.75, 3.05) is 11.9 Å². The summed E-state index contributed by atoms with van der Waals surface area (Å²) in [4.78, 5) is 2.21. The predicted molar refractivity (Wildman–Crippen MR) is 118 cm³/mol. The summed E-state index contributed by atoms with van der Waals surface area (Å²) in [5.41, 5.74) is 2.19. The van der Waals surface area contributed by atoms with Crippen molar-refractivity contribution in [2.45, 2.75) is 56.8 Å². The molecule has 2 aliphatic rings. The summed E-state index contributed by atoms with van der Waals surface area (Å²) in [7, 11) is 2.07. The number of halogens is 2. The van der Waals surface area contributed by atoms with Crippen molar-refractivity contribution >= 4 is 5.82 Å². The van der Waals surface area contributed by atoms with Crippen LogP contribution in [0.5, 0.6) is 5.75 Å². The van der Waals surface area contributed by atoms with Gasteiger partial charge in [0.15, 0.2) is 5.82 Å². The highest BCUT2D eigenvalue weighted by Gasteiger charge is 2.33. The first-order chi connectivity index (χ1) is 15.5. The highest BCUT2D eigenvalue weighted by Crippen LogP contribution is 2.34. The standard InChI is InChI=1S/C23H26F2N6O/c1-30(18-10-16-3-2-4-17(11-18)27-16)22-8-7-20(28-29-22)19-6-5-14(9-21(19)32)15-12-26-31(13-15)23(24)25/h5-9,12-13,16-18,23,27,32H,2-4,10-11H2,1H3. The van der Waals surface area contributed by atoms with Crippen LogP contribution in [0.25, 0.3) is 22.4 Å². The minimum atomic E-state index is -2.70. The van der Waals surface area contributed by atoms with Crippen LogP contribution in [0.4, 0.5) is 14.6 Å². The van der Waals surface area contributed by atoms with Crippen LogP contribution in [0, 0.1) is 0 Å². The maximum Gasteiger partial charge on any atom is 0.333 e. The number of alkyl halides is 2. The fourth-order valence-corrected chi connectivity index (χ4v) is 4.92. The van der Waals surface area contributed by atoms with Crippen LogP contribution in [-0.2, 0) is 0 Å². The molecule has 0 saturated carbocycles. The molecule has 2 bridgehead atoms. The Bertz CT molecular complexity index is 1070. The number of fused-ring (bicyclic) bond motifs is 2. The molecule has 3 aromatic rings. The van der Waals surface area contributed by atoms with E-state index in [0.717, 1.165) is 18.7 Å². The molecule has 2 atom stereocenters. The molecule has 32 heavy (non-hydrogen) atoms. The Labute approximate surface area is 185 Å². The molecule has 2 aromatic heterocycles. The molecule has 0 aliphatic carbocycles. The van der Waals surface area contributed by atoms with Gasteiger partial charge in [-0.05, 0) is 55.5 Å². The predicted octanol–water partition coefficient (Wildman–Crippen LogP) is 4.22. The van der Waals surface area contributed by atoms with E-state index in [4.69, 9.17) is 0 Å². The van der Waals surface area contributed by atoms with Gasteiger partial charge >= 0.3 is 6.55 Å². The summed E-state index contributed by atoms with van der Waals surface area (Å²) in [6.45, 7) is -2.70. The molecule has 7 nitrogen and oxygen atoms in total. The monoisotopic (exact) mass is 440 g/mol. The van der Waals surface area contributed by atoms with Gasteiger partial charge in [-0.25, -0.2) is 4.68 Å². The molecule has 0 radical (unpaired) electrons. The van der Waals surface area contributed by atoms with Crippen LogP contribution in [-0.4, -0.2) is 50.3 Å². The number of aromatic nitrogens is 4. The first-order valence-corrected chi connectivity index (χ1v) is 11.0. The van der Waals surface area contributed by atoms with E-state index in [1.54, 1.807) is 12.1 Å². The Morgan fingerprint density at radius 3 is 2.50 bits per heavy atom. The van der Waals surface area contributed by atoms with E-state index in [2.05, 4.69) is 32.6 Å². The lowest BCUT2D eigenvalue weighted by Crippen LogP contribution is -2.54. The largest absolute Gasteiger partial charge is 0.507 e. The first kappa shape index (κ1) is 20.8. The Morgan fingerprint density at radius 1 is 1.09 bits per heavy atom. The van der Waals surface area contributed by atoms with Crippen LogP contribution in [0.3, 0.4) is 0 Å². The summed E-state index contributed by atoms with van der Waals surface area (Å²) in [5, 5.41) is 26.7. The van der Waals surface area contributed by atoms with Gasteiger partial charge in [0.05, 0.1) is 11.9 Å². The number of nitrogens with one attached hydrogen (secondary N) is 1. The third-order valence-corrected chi connectivity index (χ3v) is 6.66. The number of rotatable bonds is 5. The Morgan fingerprint density at radius 2 is 1.88 bits per heavy atom. The van der Waals surface area contributed by atoms with Gasteiger partial charge in [0, 0.05) is 42.5 Å². The van der Waals surface area contributed by atoms with Crippen LogP contribution in [0.2, 0.25) is 0 Å². The van der Waals surface area contributed by atoms with Gasteiger partial charge in [-0.2, -0.15) is 13.9 Å². The van der Waals surface area contributed by atoms with Gasteiger partial charge in [-0.15, -0.1) is 10.2 Å². The van der Waals surface area contributed by atoms with Crippen molar-refractivity contribution in [1.29, 1.82) is 0 Å². The minimum Gasteiger partial charge on any atom is -0.507 e. The molecule has 4 heterocycles. The molecule has 2 fully saturated rings. The summed E-state index contributed by atoms with van der Waals surface area (Å²) in [6, 6.07) is 10.4. The SMILES string of the molecule is CN(c1ccc(-c2ccc(-c3cnn(C(F)F)c3)cc2O)nn1)C1CC2CCCC(C1)N2. The molecule has 5 rings (SSSR count). The zero-order valence-electron chi connectivity index (χ0n) is 17.8. The quantitative estimate of drug-likeness (QED) is 0.619. The molecule has 0 amide bonds. The zero-order chi connectivity index (χ0) is 22.2. The van der Waals surface area contributed by atoms with Crippen molar-refractivity contribution in [1.82, 2.24) is 25.3 Å². The number of anilines is 1. The Balaban J connectivity index is 1.32. The van der Waals surface area contributed by atoms with Crippen molar-refractivity contribution in [3.8, 4) is 28.1 Å². The molecule has 2 unspecified atom stereocenters. The van der Waals surface area contributed by atoms with E-state index >= 15 is 0 Å². The summed E-state index contributed by atoms with van der Waals surface area (Å²) >= 11 is 0. The fraction of sp³-hybridized carbons (Fsp3) is 0.435. The number of phenols is 1. The van der Waals surface area contributed by atoms with E-state index in [1.165, 1.54) is 37.7 Å². The number of hydrogen-bond acceptors (Lipinski definition) is 6. The van der Waals surface area contributed by atoms with Crippen molar-refractivity contribution < 1.29 is 13.9 Å². The van der Waals surface area contributed by atoms with Crippen LogP contribution in [0.15, 0.2) is 42.7 Å². The molecule has 0 spiro atoms. The first-order valence-electron chi connectivity index (χ1n) is 11.0. The smallest absolute Gasteiger partial charge is 0.333 e. The average molecular weight is 440 g/mol. The summed E-state index contributed by atoms with van der Waals surface area (Å²) in [5.74, 6) is 0.822. The highest BCUT2D eigenvalue weighted by atomic mass is 19.3. The summed E-state index contributed by atoms with van der Waals surface area (Å²) in [6.07, 6.45) is 8.61. The number of aromatic hydroxyl groups is 1. The summed E-state index contributed by atoms with van der Waals surface area (Å²) < 4.78 is 26.1. The fourth-order valence-electron chi connectivity index (χ4n) is 4.92. The molecule has 2 saturated heterocycles.